The molecule has 0 saturated heterocycles. The lowest BCUT2D eigenvalue weighted by Gasteiger charge is -2.18. The van der Waals surface area contributed by atoms with Gasteiger partial charge in [-0.15, -0.1) is 0 Å². The monoisotopic (exact) mass is 587 g/mol. The van der Waals surface area contributed by atoms with Gasteiger partial charge in [0.05, 0.1) is 0 Å². The van der Waals surface area contributed by atoms with Crippen LogP contribution in [0.15, 0.2) is 174 Å². The van der Waals surface area contributed by atoms with E-state index in [0.29, 0.717) is 0 Å². The van der Waals surface area contributed by atoms with Crippen LogP contribution in [0.5, 0.6) is 0 Å². The first-order valence-corrected chi connectivity index (χ1v) is 15.7. The van der Waals surface area contributed by atoms with Gasteiger partial charge in [-0.3, -0.25) is 0 Å². The van der Waals surface area contributed by atoms with E-state index in [1.807, 2.05) is 12.1 Å². The Morgan fingerprint density at radius 2 is 0.848 bits per heavy atom. The lowest BCUT2D eigenvalue weighted by molar-refractivity contribution is 0.670. The van der Waals surface area contributed by atoms with Gasteiger partial charge in [-0.1, -0.05) is 146 Å². The maximum Gasteiger partial charge on any atom is 0.143 e. The number of rotatable bonds is 5. The molecular weight excluding hydrogens is 558 g/mol. The van der Waals surface area contributed by atoms with E-state index in [-0.39, 0.29) is 0 Å². The predicted molar refractivity (Wildman–Crippen MR) is 195 cm³/mol. The van der Waals surface area contributed by atoms with Gasteiger partial charge in [0.25, 0.3) is 0 Å². The van der Waals surface area contributed by atoms with E-state index in [9.17, 15) is 0 Å². The molecule has 1 aromatic heterocycles. The van der Waals surface area contributed by atoms with E-state index < -0.39 is 0 Å². The molecule has 0 atom stereocenters. The fraction of sp³-hybridized carbons (Fsp3) is 0. The highest BCUT2D eigenvalue weighted by molar-refractivity contribution is 6.21. The van der Waals surface area contributed by atoms with Crippen LogP contribution in [0.4, 0.5) is 11.4 Å². The summed E-state index contributed by atoms with van der Waals surface area (Å²) in [6.07, 6.45) is 0. The molecule has 216 valence electrons. The van der Waals surface area contributed by atoms with Crippen molar-refractivity contribution in [3.05, 3.63) is 170 Å². The average Bonchev–Trinajstić information content (AvgIpc) is 3.51. The molecule has 1 heterocycles. The fourth-order valence-corrected chi connectivity index (χ4v) is 7.02. The minimum Gasteiger partial charge on any atom is -0.455 e. The van der Waals surface area contributed by atoms with Crippen LogP contribution in [-0.2, 0) is 0 Å². The topological polar surface area (TPSA) is 25.2 Å². The van der Waals surface area contributed by atoms with Crippen LogP contribution in [0, 0.1) is 0 Å². The first-order valence-electron chi connectivity index (χ1n) is 15.7. The van der Waals surface area contributed by atoms with Crippen LogP contribution in [0.3, 0.4) is 0 Å². The Morgan fingerprint density at radius 1 is 0.348 bits per heavy atom. The molecule has 0 unspecified atom stereocenters. The van der Waals surface area contributed by atoms with Crippen molar-refractivity contribution in [1.29, 1.82) is 0 Å². The summed E-state index contributed by atoms with van der Waals surface area (Å²) in [7, 11) is 0. The van der Waals surface area contributed by atoms with Gasteiger partial charge >= 0.3 is 0 Å². The Bertz CT molecular complexity index is 2480. The summed E-state index contributed by atoms with van der Waals surface area (Å²) < 4.78 is 6.39. The van der Waals surface area contributed by atoms with Gasteiger partial charge in [0.15, 0.2) is 0 Å². The summed E-state index contributed by atoms with van der Waals surface area (Å²) >= 11 is 0. The highest BCUT2D eigenvalue weighted by atomic mass is 16.3. The molecule has 46 heavy (non-hydrogen) atoms. The summed E-state index contributed by atoms with van der Waals surface area (Å²) in [4.78, 5) is 0. The molecule has 0 saturated carbocycles. The lowest BCUT2D eigenvalue weighted by Crippen LogP contribution is -1.94. The van der Waals surface area contributed by atoms with Crippen molar-refractivity contribution in [1.82, 2.24) is 0 Å². The minimum absolute atomic E-state index is 0.905. The van der Waals surface area contributed by atoms with Crippen molar-refractivity contribution in [3.63, 3.8) is 0 Å². The summed E-state index contributed by atoms with van der Waals surface area (Å²) in [6.45, 7) is 0. The standard InChI is InChI=1S/C44H29NO/c1-2-13-29(14-3-1)42-34-17-4-6-19-36(34)43(37-20-7-5-18-35(37)42)30-25-27-31(28-26-30)45-40-23-10-8-15-32(40)38-21-12-22-39-33-16-9-11-24-41(33)46-44(38)39/h1-28,45H. The maximum absolute atomic E-state index is 6.39. The normalized spacial score (nSPS) is 11.5. The van der Waals surface area contributed by atoms with E-state index >= 15 is 0 Å². The van der Waals surface area contributed by atoms with Crippen molar-refractivity contribution >= 4 is 54.9 Å². The van der Waals surface area contributed by atoms with Gasteiger partial charge in [0.2, 0.25) is 0 Å². The van der Waals surface area contributed by atoms with Crippen molar-refractivity contribution in [2.45, 2.75) is 0 Å². The molecule has 0 bridgehead atoms. The summed E-state index contributed by atoms with van der Waals surface area (Å²) in [5.74, 6) is 0. The Morgan fingerprint density at radius 3 is 1.52 bits per heavy atom. The Kier molecular flexibility index (Phi) is 6.17. The smallest absolute Gasteiger partial charge is 0.143 e. The number of para-hydroxylation sites is 3. The summed E-state index contributed by atoms with van der Waals surface area (Å²) in [5.41, 5.74) is 11.0. The van der Waals surface area contributed by atoms with E-state index in [2.05, 4.69) is 163 Å². The minimum atomic E-state index is 0.905. The molecule has 0 aliphatic heterocycles. The van der Waals surface area contributed by atoms with E-state index in [4.69, 9.17) is 4.42 Å². The largest absolute Gasteiger partial charge is 0.455 e. The van der Waals surface area contributed by atoms with Crippen molar-refractivity contribution in [2.24, 2.45) is 0 Å². The highest BCUT2D eigenvalue weighted by Crippen LogP contribution is 2.44. The number of benzene rings is 8. The second-order valence-corrected chi connectivity index (χ2v) is 11.7. The summed E-state index contributed by atoms with van der Waals surface area (Å²) in [5, 5.41) is 11.0. The van der Waals surface area contributed by atoms with Crippen LogP contribution in [0.25, 0.3) is 76.9 Å². The molecule has 9 aromatic rings. The SMILES string of the molecule is c1ccc(-c2c3ccccc3c(-c3ccc(Nc4ccccc4-c4cccc5c4oc4ccccc45)cc3)c3ccccc23)cc1. The predicted octanol–water partition coefficient (Wildman–Crippen LogP) is 12.6. The number of hydrogen-bond acceptors (Lipinski definition) is 2. The van der Waals surface area contributed by atoms with Crippen molar-refractivity contribution < 1.29 is 4.42 Å². The number of fused-ring (bicyclic) bond motifs is 5. The second kappa shape index (κ2) is 10.8. The molecule has 0 aliphatic rings. The summed E-state index contributed by atoms with van der Waals surface area (Å²) in [6, 6.07) is 60.2. The lowest BCUT2D eigenvalue weighted by atomic mass is 9.86. The van der Waals surface area contributed by atoms with Gasteiger partial charge in [-0.05, 0) is 68.1 Å². The zero-order valence-corrected chi connectivity index (χ0v) is 25.1. The van der Waals surface area contributed by atoms with Gasteiger partial charge in [0, 0.05) is 33.3 Å². The maximum atomic E-state index is 6.39. The van der Waals surface area contributed by atoms with Crippen LogP contribution in [0.1, 0.15) is 0 Å². The molecule has 2 nitrogen and oxygen atoms in total. The second-order valence-electron chi connectivity index (χ2n) is 11.7. The third-order valence-electron chi connectivity index (χ3n) is 9.07. The van der Waals surface area contributed by atoms with E-state index in [1.54, 1.807) is 0 Å². The van der Waals surface area contributed by atoms with Crippen LogP contribution < -0.4 is 5.32 Å². The van der Waals surface area contributed by atoms with Gasteiger partial charge < -0.3 is 9.73 Å². The van der Waals surface area contributed by atoms with Crippen molar-refractivity contribution in [2.75, 3.05) is 5.32 Å². The number of hydrogen-bond donors (Lipinski definition) is 1. The Hall–Kier alpha value is -6.12. The highest BCUT2D eigenvalue weighted by Gasteiger charge is 2.17. The third kappa shape index (κ3) is 4.27. The van der Waals surface area contributed by atoms with E-state index in [0.717, 1.165) is 44.4 Å². The molecule has 9 rings (SSSR count). The molecule has 1 N–H and O–H groups in total. The van der Waals surface area contributed by atoms with Gasteiger partial charge in [0.1, 0.15) is 11.2 Å². The molecule has 0 spiro atoms. The molecule has 0 amide bonds. The first-order chi connectivity index (χ1) is 22.8. The van der Waals surface area contributed by atoms with Crippen LogP contribution in [0.2, 0.25) is 0 Å². The van der Waals surface area contributed by atoms with Crippen LogP contribution >= 0.6 is 0 Å². The first kappa shape index (κ1) is 26.3. The average molecular weight is 588 g/mol. The fourth-order valence-electron chi connectivity index (χ4n) is 7.02. The van der Waals surface area contributed by atoms with E-state index in [1.165, 1.54) is 43.8 Å². The zero-order chi connectivity index (χ0) is 30.5. The number of anilines is 2. The molecule has 0 fully saturated rings. The van der Waals surface area contributed by atoms with Gasteiger partial charge in [-0.25, -0.2) is 0 Å². The number of furan rings is 1. The third-order valence-corrected chi connectivity index (χ3v) is 9.07. The zero-order valence-electron chi connectivity index (χ0n) is 25.1. The van der Waals surface area contributed by atoms with Crippen LogP contribution in [-0.4, -0.2) is 0 Å². The Balaban J connectivity index is 1.14. The molecule has 0 radical (unpaired) electrons. The molecule has 8 aromatic carbocycles. The molecule has 2 heteroatoms. The number of nitrogens with one attached hydrogen (secondary N) is 1. The Labute approximate surface area is 267 Å². The van der Waals surface area contributed by atoms with Crippen molar-refractivity contribution in [3.8, 4) is 33.4 Å². The molecule has 0 aliphatic carbocycles. The molecular formula is C44H29NO. The van der Waals surface area contributed by atoms with Gasteiger partial charge in [-0.2, -0.15) is 0 Å². The quantitative estimate of drug-likeness (QED) is 0.203.